The van der Waals surface area contributed by atoms with Crippen molar-refractivity contribution in [2.24, 2.45) is 0 Å². The lowest BCUT2D eigenvalue weighted by atomic mass is 9.91. The van der Waals surface area contributed by atoms with Gasteiger partial charge < -0.3 is 4.42 Å². The van der Waals surface area contributed by atoms with Gasteiger partial charge in [-0.15, -0.1) is 0 Å². The average Bonchev–Trinajstić information content (AvgIpc) is 2.68. The number of nitrogens with zero attached hydrogens (tertiary/aromatic N) is 2. The lowest BCUT2D eigenvalue weighted by Gasteiger charge is -2.40. The largest absolute Gasteiger partial charge is 0.465 e. The Balaban J connectivity index is 1.62. The monoisotopic (exact) mass is 340 g/mol. The van der Waals surface area contributed by atoms with Gasteiger partial charge >= 0.3 is 0 Å². The molecule has 0 bridgehead atoms. The van der Waals surface area contributed by atoms with E-state index in [1.807, 2.05) is 23.4 Å². The molecule has 1 aliphatic carbocycles. The third-order valence-electron chi connectivity index (χ3n) is 5.14. The lowest BCUT2D eigenvalue weighted by Crippen LogP contribution is -2.49. The van der Waals surface area contributed by atoms with Crippen LogP contribution in [-0.4, -0.2) is 49.1 Å². The Hall–Kier alpha value is -0.850. The van der Waals surface area contributed by atoms with E-state index in [0.717, 1.165) is 69.7 Å². The number of hydrogen-bond donors (Lipinski definition) is 0. The first-order chi connectivity index (χ1) is 10.9. The molecule has 0 spiro atoms. The molecule has 3 rings (SSSR count). The number of aryl methyl sites for hydroxylation is 1. The fourth-order valence-corrected chi connectivity index (χ4v) is 5.33. The van der Waals surface area contributed by atoms with Crippen molar-refractivity contribution < 1.29 is 12.8 Å². The summed E-state index contributed by atoms with van der Waals surface area (Å²) >= 11 is 0. The van der Waals surface area contributed by atoms with Crippen molar-refractivity contribution in [2.45, 2.75) is 64.1 Å². The molecule has 1 aromatic rings. The zero-order chi connectivity index (χ0) is 16.4. The molecule has 2 heterocycles. The van der Waals surface area contributed by atoms with Crippen molar-refractivity contribution in [1.29, 1.82) is 0 Å². The van der Waals surface area contributed by atoms with Crippen LogP contribution in [0.15, 0.2) is 16.5 Å². The van der Waals surface area contributed by atoms with Gasteiger partial charge in [0.15, 0.2) is 0 Å². The van der Waals surface area contributed by atoms with E-state index in [1.54, 1.807) is 0 Å². The van der Waals surface area contributed by atoms with Gasteiger partial charge in [0.2, 0.25) is 10.0 Å². The average molecular weight is 340 g/mol. The maximum absolute atomic E-state index is 12.2. The highest BCUT2D eigenvalue weighted by Crippen LogP contribution is 2.32. The number of hydrogen-bond acceptors (Lipinski definition) is 4. The molecule has 0 N–H and O–H groups in total. The van der Waals surface area contributed by atoms with Crippen LogP contribution in [0.2, 0.25) is 0 Å². The molecule has 1 saturated carbocycles. The highest BCUT2D eigenvalue weighted by Gasteiger charge is 2.37. The fraction of sp³-hybridized carbons (Fsp3) is 0.765. The van der Waals surface area contributed by atoms with E-state index in [4.69, 9.17) is 4.42 Å². The molecule has 1 aromatic heterocycles. The molecule has 0 unspecified atom stereocenters. The Kier molecular flexibility index (Phi) is 5.13. The van der Waals surface area contributed by atoms with Crippen LogP contribution in [0.25, 0.3) is 0 Å². The Bertz CT molecular complexity index is 622. The molecule has 0 aromatic carbocycles. The van der Waals surface area contributed by atoms with Gasteiger partial charge in [0.05, 0.1) is 12.8 Å². The van der Waals surface area contributed by atoms with Crippen LogP contribution in [0, 0.1) is 6.92 Å². The summed E-state index contributed by atoms with van der Waals surface area (Å²) in [5.74, 6) is 1.95. The van der Waals surface area contributed by atoms with E-state index in [-0.39, 0.29) is 12.1 Å². The highest BCUT2D eigenvalue weighted by molar-refractivity contribution is 7.88. The van der Waals surface area contributed by atoms with Crippen molar-refractivity contribution in [3.8, 4) is 0 Å². The lowest BCUT2D eigenvalue weighted by molar-refractivity contribution is 0.160. The van der Waals surface area contributed by atoms with E-state index < -0.39 is 10.0 Å². The van der Waals surface area contributed by atoms with Gasteiger partial charge in [-0.25, -0.2) is 8.42 Å². The van der Waals surface area contributed by atoms with Gasteiger partial charge in [0.25, 0.3) is 0 Å². The molecule has 6 heteroatoms. The number of likely N-dealkylation sites (tertiary alicyclic amines) is 1. The van der Waals surface area contributed by atoms with E-state index in [9.17, 15) is 8.42 Å². The van der Waals surface area contributed by atoms with E-state index in [1.165, 1.54) is 6.26 Å². The first-order valence-electron chi connectivity index (χ1n) is 8.69. The molecule has 1 atom stereocenters. The summed E-state index contributed by atoms with van der Waals surface area (Å²) in [5, 5.41) is 0. The van der Waals surface area contributed by atoms with E-state index in [2.05, 4.69) is 4.90 Å². The quantitative estimate of drug-likeness (QED) is 0.827. The fourth-order valence-electron chi connectivity index (χ4n) is 3.82. The maximum atomic E-state index is 12.2. The Labute approximate surface area is 139 Å². The molecule has 1 saturated heterocycles. The summed E-state index contributed by atoms with van der Waals surface area (Å²) in [5.41, 5.74) is 0. The van der Waals surface area contributed by atoms with Gasteiger partial charge in [0, 0.05) is 18.6 Å². The van der Waals surface area contributed by atoms with Crippen LogP contribution in [0.3, 0.4) is 0 Å². The Morgan fingerprint density at radius 3 is 2.39 bits per heavy atom. The molecule has 1 aliphatic heterocycles. The summed E-state index contributed by atoms with van der Waals surface area (Å²) in [4.78, 5) is 2.39. The molecule has 5 nitrogen and oxygen atoms in total. The second kappa shape index (κ2) is 6.95. The normalized spacial score (nSPS) is 24.6. The molecular weight excluding hydrogens is 312 g/mol. The maximum Gasteiger partial charge on any atom is 0.211 e. The second-order valence-electron chi connectivity index (χ2n) is 7.05. The number of furan rings is 1. The molecule has 0 radical (unpaired) electrons. The van der Waals surface area contributed by atoms with Crippen molar-refractivity contribution in [1.82, 2.24) is 9.21 Å². The zero-order valence-electron chi connectivity index (χ0n) is 14.2. The topological polar surface area (TPSA) is 53.8 Å². The van der Waals surface area contributed by atoms with E-state index in [0.29, 0.717) is 0 Å². The third-order valence-corrected chi connectivity index (χ3v) is 6.51. The van der Waals surface area contributed by atoms with Crippen LogP contribution >= 0.6 is 0 Å². The second-order valence-corrected chi connectivity index (χ2v) is 8.94. The molecule has 0 amide bonds. The van der Waals surface area contributed by atoms with Gasteiger partial charge in [-0.3, -0.25) is 4.90 Å². The molecule has 2 aliphatic rings. The van der Waals surface area contributed by atoms with Crippen molar-refractivity contribution in [2.75, 3.05) is 19.3 Å². The minimum atomic E-state index is -3.12. The first-order valence-corrected chi connectivity index (χ1v) is 10.5. The van der Waals surface area contributed by atoms with Crippen LogP contribution in [-0.2, 0) is 16.6 Å². The molecular formula is C17H28N2O3S. The van der Waals surface area contributed by atoms with Gasteiger partial charge in [0.1, 0.15) is 11.5 Å². The smallest absolute Gasteiger partial charge is 0.211 e. The molecule has 23 heavy (non-hydrogen) atoms. The van der Waals surface area contributed by atoms with Crippen molar-refractivity contribution >= 4 is 10.0 Å². The SMILES string of the molecule is Cc1ccc(CN2CCC[C@@H](N(C3CCC3)S(C)(=O)=O)CC2)o1. The van der Waals surface area contributed by atoms with Crippen molar-refractivity contribution in [3.63, 3.8) is 0 Å². The summed E-state index contributed by atoms with van der Waals surface area (Å²) < 4.78 is 32.0. The molecule has 2 fully saturated rings. The summed E-state index contributed by atoms with van der Waals surface area (Å²) in [6.07, 6.45) is 7.52. The van der Waals surface area contributed by atoms with Crippen LogP contribution in [0.4, 0.5) is 0 Å². The third kappa shape index (κ3) is 4.17. The summed E-state index contributed by atoms with van der Waals surface area (Å²) in [6.45, 7) is 4.73. The van der Waals surface area contributed by atoms with Crippen LogP contribution in [0.5, 0.6) is 0 Å². The summed E-state index contributed by atoms with van der Waals surface area (Å²) in [6, 6.07) is 4.44. The Morgan fingerprint density at radius 1 is 1.13 bits per heavy atom. The number of sulfonamides is 1. The zero-order valence-corrected chi connectivity index (χ0v) is 15.0. The van der Waals surface area contributed by atoms with Crippen LogP contribution in [0.1, 0.15) is 50.0 Å². The van der Waals surface area contributed by atoms with E-state index >= 15 is 0 Å². The Morgan fingerprint density at radius 2 is 1.83 bits per heavy atom. The minimum absolute atomic E-state index is 0.165. The van der Waals surface area contributed by atoms with Crippen LogP contribution < -0.4 is 0 Å². The summed E-state index contributed by atoms with van der Waals surface area (Å²) in [7, 11) is -3.12. The predicted molar refractivity (Wildman–Crippen MR) is 90.7 cm³/mol. The highest BCUT2D eigenvalue weighted by atomic mass is 32.2. The van der Waals surface area contributed by atoms with Gasteiger partial charge in [-0.1, -0.05) is 6.42 Å². The first kappa shape index (κ1) is 17.0. The van der Waals surface area contributed by atoms with Gasteiger partial charge in [-0.2, -0.15) is 4.31 Å². The minimum Gasteiger partial charge on any atom is -0.465 e. The standard InChI is InChI=1S/C17H28N2O3S/c1-14-8-9-17(22-14)13-18-11-4-7-16(10-12-18)19(23(2,20)21)15-5-3-6-15/h8-9,15-16H,3-7,10-13H2,1-2H3/t16-/m1/s1. The number of rotatable bonds is 5. The van der Waals surface area contributed by atoms with Crippen molar-refractivity contribution in [3.05, 3.63) is 23.7 Å². The van der Waals surface area contributed by atoms with Gasteiger partial charge in [-0.05, 0) is 57.7 Å². The molecule has 130 valence electrons. The predicted octanol–water partition coefficient (Wildman–Crippen LogP) is 2.76.